The van der Waals surface area contributed by atoms with Gasteiger partial charge in [-0.15, -0.1) is 0 Å². The highest BCUT2D eigenvalue weighted by atomic mass is 16.5. The third-order valence-electron chi connectivity index (χ3n) is 3.33. The van der Waals surface area contributed by atoms with Crippen molar-refractivity contribution >= 4 is 7.28 Å². The topological polar surface area (TPSA) is 53.2 Å². The summed E-state index contributed by atoms with van der Waals surface area (Å²) in [5.41, 5.74) is 2.24. The Bertz CT molecular complexity index is 578. The number of benzene rings is 2. The first kappa shape index (κ1) is 15.1. The normalized spacial score (nSPS) is 11.4. The number of hydrogen-bond acceptors (Lipinski definition) is 3. The zero-order valence-electron chi connectivity index (χ0n) is 11.9. The highest BCUT2D eigenvalue weighted by molar-refractivity contribution is 6.47. The predicted molar refractivity (Wildman–Crippen MR) is 84.5 cm³/mol. The van der Waals surface area contributed by atoms with Crippen molar-refractivity contribution in [2.75, 3.05) is 6.61 Å². The largest absolute Gasteiger partial charge is 0.489 e. The van der Waals surface area contributed by atoms with E-state index in [1.807, 2.05) is 54.6 Å². The van der Waals surface area contributed by atoms with Gasteiger partial charge in [-0.05, 0) is 41.5 Å². The molecule has 0 saturated heterocycles. The molecule has 106 valence electrons. The molecule has 0 aliphatic heterocycles. The quantitative estimate of drug-likeness (QED) is 0.792. The second-order valence-electron chi connectivity index (χ2n) is 5.03. The molecule has 1 unspecified atom stereocenters. The molecule has 0 saturated carbocycles. The zero-order chi connectivity index (χ0) is 14.9. The Morgan fingerprint density at radius 2 is 1.76 bits per heavy atom. The van der Waals surface area contributed by atoms with E-state index in [9.17, 15) is 5.11 Å². The van der Waals surface area contributed by atoms with Gasteiger partial charge < -0.3 is 9.84 Å². The standard InChI is InChI=1S/C17H18BNO2/c19-13-18-16(11-20)10-14-6-8-17(9-7-14)21-12-15-4-2-1-3-5-15/h1-9,16,18,20H,10-12H2. The van der Waals surface area contributed by atoms with Crippen molar-refractivity contribution in [2.45, 2.75) is 18.8 Å². The molecule has 0 aliphatic rings. The van der Waals surface area contributed by atoms with Gasteiger partial charge in [0.2, 0.25) is 0 Å². The fourth-order valence-electron chi connectivity index (χ4n) is 2.13. The van der Waals surface area contributed by atoms with Gasteiger partial charge >= 0.3 is 0 Å². The van der Waals surface area contributed by atoms with E-state index in [-0.39, 0.29) is 12.4 Å². The van der Waals surface area contributed by atoms with Gasteiger partial charge in [-0.2, -0.15) is 0 Å². The van der Waals surface area contributed by atoms with Crippen molar-refractivity contribution < 1.29 is 9.84 Å². The fourth-order valence-corrected chi connectivity index (χ4v) is 2.13. The number of nitrogens with zero attached hydrogens (tertiary/aromatic N) is 1. The van der Waals surface area contributed by atoms with E-state index in [0.29, 0.717) is 20.3 Å². The molecule has 21 heavy (non-hydrogen) atoms. The van der Waals surface area contributed by atoms with Gasteiger partial charge in [-0.3, -0.25) is 0 Å². The summed E-state index contributed by atoms with van der Waals surface area (Å²) in [5.74, 6) is 2.93. The Morgan fingerprint density at radius 3 is 2.38 bits per heavy atom. The molecular weight excluding hydrogens is 261 g/mol. The molecule has 2 aromatic carbocycles. The molecule has 0 heterocycles. The highest BCUT2D eigenvalue weighted by Crippen LogP contribution is 2.18. The molecule has 0 amide bonds. The van der Waals surface area contributed by atoms with E-state index in [1.165, 1.54) is 0 Å². The van der Waals surface area contributed by atoms with E-state index >= 15 is 0 Å². The SMILES string of the molecule is N#CBC(CO)Cc1ccc(OCc2ccccc2)cc1. The smallest absolute Gasteiger partial charge is 0.256 e. The Kier molecular flexibility index (Phi) is 5.87. The average molecular weight is 279 g/mol. The minimum absolute atomic E-state index is 0.00564. The third-order valence-corrected chi connectivity index (χ3v) is 3.33. The van der Waals surface area contributed by atoms with Crippen LogP contribution in [0.1, 0.15) is 11.1 Å². The van der Waals surface area contributed by atoms with Gasteiger partial charge in [-0.25, -0.2) is 5.26 Å². The van der Waals surface area contributed by atoms with Crippen LogP contribution in [0.2, 0.25) is 5.82 Å². The van der Waals surface area contributed by atoms with E-state index in [4.69, 9.17) is 10.00 Å². The van der Waals surface area contributed by atoms with Crippen LogP contribution >= 0.6 is 0 Å². The minimum Gasteiger partial charge on any atom is -0.489 e. The molecule has 1 N–H and O–H groups in total. The summed E-state index contributed by atoms with van der Waals surface area (Å²) in [5, 5.41) is 17.9. The molecule has 2 aromatic rings. The van der Waals surface area contributed by atoms with Crippen LogP contribution < -0.4 is 4.74 Å². The van der Waals surface area contributed by atoms with E-state index < -0.39 is 0 Å². The average Bonchev–Trinajstić information content (AvgIpc) is 2.54. The van der Waals surface area contributed by atoms with Gasteiger partial charge in [0.05, 0.1) is 0 Å². The lowest BCUT2D eigenvalue weighted by Crippen LogP contribution is -2.09. The lowest BCUT2D eigenvalue weighted by molar-refractivity contribution is 0.288. The van der Waals surface area contributed by atoms with Crippen molar-refractivity contribution in [1.82, 2.24) is 0 Å². The van der Waals surface area contributed by atoms with Gasteiger partial charge in [0.25, 0.3) is 7.28 Å². The number of aliphatic hydroxyl groups excluding tert-OH is 1. The summed E-state index contributed by atoms with van der Waals surface area (Å²) < 4.78 is 5.72. The number of ether oxygens (including phenoxy) is 1. The summed E-state index contributed by atoms with van der Waals surface area (Å²) in [6.45, 7) is 0.591. The van der Waals surface area contributed by atoms with Gasteiger partial charge in [0.1, 0.15) is 12.4 Å². The van der Waals surface area contributed by atoms with E-state index in [1.54, 1.807) is 0 Å². The number of aliphatic hydroxyl groups is 1. The maximum atomic E-state index is 9.21. The van der Waals surface area contributed by atoms with E-state index in [2.05, 4.69) is 5.97 Å². The second kappa shape index (κ2) is 8.13. The van der Waals surface area contributed by atoms with Gasteiger partial charge in [0.15, 0.2) is 0 Å². The molecule has 0 bridgehead atoms. The Balaban J connectivity index is 1.88. The number of hydrogen-bond donors (Lipinski definition) is 1. The second-order valence-corrected chi connectivity index (χ2v) is 5.03. The molecule has 0 spiro atoms. The van der Waals surface area contributed by atoms with Crippen molar-refractivity contribution in [3.63, 3.8) is 0 Å². The Labute approximate surface area is 126 Å². The summed E-state index contributed by atoms with van der Waals surface area (Å²) in [6.07, 6.45) is 0.711. The molecule has 0 radical (unpaired) electrons. The van der Waals surface area contributed by atoms with Crippen LogP contribution in [0.5, 0.6) is 5.75 Å². The predicted octanol–water partition coefficient (Wildman–Crippen LogP) is 2.51. The first-order chi connectivity index (χ1) is 10.3. The lowest BCUT2D eigenvalue weighted by Gasteiger charge is -2.10. The fraction of sp³-hybridized carbons (Fsp3) is 0.235. The van der Waals surface area contributed by atoms with Crippen LogP contribution in [0.3, 0.4) is 0 Å². The molecule has 3 nitrogen and oxygen atoms in total. The zero-order valence-corrected chi connectivity index (χ0v) is 11.9. The molecule has 0 aromatic heterocycles. The van der Waals surface area contributed by atoms with Crippen molar-refractivity contribution in [1.29, 1.82) is 5.26 Å². The monoisotopic (exact) mass is 279 g/mol. The molecular formula is C17H18BNO2. The first-order valence-corrected chi connectivity index (χ1v) is 7.05. The van der Waals surface area contributed by atoms with Crippen molar-refractivity contribution in [3.05, 3.63) is 65.7 Å². The summed E-state index contributed by atoms with van der Waals surface area (Å²) in [6, 6.07) is 17.9. The van der Waals surface area contributed by atoms with Crippen LogP contribution in [-0.4, -0.2) is 19.0 Å². The maximum Gasteiger partial charge on any atom is 0.256 e. The summed E-state index contributed by atoms with van der Waals surface area (Å²) in [4.78, 5) is 0. The van der Waals surface area contributed by atoms with Gasteiger partial charge in [0, 0.05) is 6.61 Å². The minimum atomic E-state index is 0.00564. The molecule has 0 fully saturated rings. The van der Waals surface area contributed by atoms with Crippen molar-refractivity contribution in [3.8, 4) is 11.7 Å². The summed E-state index contributed by atoms with van der Waals surface area (Å²) >= 11 is 0. The highest BCUT2D eigenvalue weighted by Gasteiger charge is 2.10. The maximum absolute atomic E-state index is 9.21. The van der Waals surface area contributed by atoms with Gasteiger partial charge in [-0.1, -0.05) is 42.5 Å². The molecule has 0 aliphatic carbocycles. The Morgan fingerprint density at radius 1 is 1.05 bits per heavy atom. The third kappa shape index (κ3) is 4.98. The van der Waals surface area contributed by atoms with E-state index in [0.717, 1.165) is 16.9 Å². The molecule has 4 heteroatoms. The van der Waals surface area contributed by atoms with Crippen LogP contribution in [0.15, 0.2) is 54.6 Å². The van der Waals surface area contributed by atoms with Crippen LogP contribution in [0.25, 0.3) is 0 Å². The van der Waals surface area contributed by atoms with Crippen LogP contribution in [0, 0.1) is 11.2 Å². The summed E-state index contributed by atoms with van der Waals surface area (Å²) in [7, 11) is 0.378. The molecule has 1 atom stereocenters. The van der Waals surface area contributed by atoms with Crippen molar-refractivity contribution in [2.24, 2.45) is 0 Å². The first-order valence-electron chi connectivity index (χ1n) is 7.05. The molecule has 2 rings (SSSR count). The lowest BCUT2D eigenvalue weighted by atomic mass is 9.64. The number of rotatable bonds is 7. The number of nitriles is 1. The Hall–Kier alpha value is -2.25. The van der Waals surface area contributed by atoms with Crippen LogP contribution in [0.4, 0.5) is 0 Å². The van der Waals surface area contributed by atoms with Crippen LogP contribution in [-0.2, 0) is 13.0 Å².